The molecule has 0 saturated heterocycles. The molecule has 4 amide bonds. The molecule has 0 aliphatic carbocycles. The van der Waals surface area contributed by atoms with Crippen molar-refractivity contribution in [3.63, 3.8) is 0 Å². The highest BCUT2D eigenvalue weighted by Crippen LogP contribution is 2.17. The lowest BCUT2D eigenvalue weighted by Gasteiger charge is -2.28. The van der Waals surface area contributed by atoms with Crippen LogP contribution in [0.5, 0.6) is 5.75 Å². The van der Waals surface area contributed by atoms with Gasteiger partial charge < -0.3 is 43.2 Å². The number of nitro benzene ring substituents is 1. The zero-order valence-electron chi connectivity index (χ0n) is 29.1. The van der Waals surface area contributed by atoms with E-state index in [1.807, 2.05) is 6.92 Å². The lowest BCUT2D eigenvalue weighted by Crippen LogP contribution is -2.59. The number of anilines is 1. The number of rotatable bonds is 19. The highest BCUT2D eigenvalue weighted by Gasteiger charge is 2.33. The van der Waals surface area contributed by atoms with E-state index in [4.69, 9.17) is 16.9 Å². The molecule has 0 saturated carbocycles. The van der Waals surface area contributed by atoms with Crippen molar-refractivity contribution in [2.24, 2.45) is 17.4 Å². The number of nitrogens with one attached hydrogen (secondary N) is 6. The second-order valence-electron chi connectivity index (χ2n) is 12.4. The lowest BCUT2D eigenvalue weighted by molar-refractivity contribution is -0.384. The molecule has 5 atom stereocenters. The third-order valence-electron chi connectivity index (χ3n) is 8.40. The van der Waals surface area contributed by atoms with Gasteiger partial charge in [-0.25, -0.2) is 0 Å². The van der Waals surface area contributed by atoms with E-state index >= 15 is 0 Å². The summed E-state index contributed by atoms with van der Waals surface area (Å²) in [5.41, 5.74) is 13.1. The van der Waals surface area contributed by atoms with Crippen molar-refractivity contribution in [2.75, 3.05) is 11.9 Å². The maximum atomic E-state index is 14.0. The van der Waals surface area contributed by atoms with E-state index in [-0.39, 0.29) is 54.8 Å². The Labute approximate surface area is 301 Å². The number of benzene rings is 3. The zero-order chi connectivity index (χ0) is 38.2. The number of phenolic OH excluding ortho intramolecular Hbond substituents is 1. The molecule has 0 bridgehead atoms. The second-order valence-corrected chi connectivity index (χ2v) is 12.4. The Morgan fingerprint density at radius 2 is 1.44 bits per heavy atom. The Kier molecular flexibility index (Phi) is 15.5. The first kappa shape index (κ1) is 40.4. The molecule has 0 aliphatic rings. The number of non-ortho nitro benzene ring substituents is 1. The third-order valence-corrected chi connectivity index (χ3v) is 8.40. The highest BCUT2D eigenvalue weighted by molar-refractivity contribution is 5.99. The number of amides is 4. The quantitative estimate of drug-likeness (QED) is 0.0285. The molecule has 16 heteroatoms. The van der Waals surface area contributed by atoms with Gasteiger partial charge in [-0.05, 0) is 60.6 Å². The van der Waals surface area contributed by atoms with Crippen LogP contribution in [0.3, 0.4) is 0 Å². The van der Waals surface area contributed by atoms with E-state index in [0.717, 1.165) is 5.56 Å². The first-order chi connectivity index (χ1) is 24.8. The summed E-state index contributed by atoms with van der Waals surface area (Å²) in [5.74, 6) is -3.00. The molecule has 52 heavy (non-hydrogen) atoms. The fourth-order valence-electron chi connectivity index (χ4n) is 5.23. The summed E-state index contributed by atoms with van der Waals surface area (Å²) in [6.45, 7) is 3.88. The number of carbonyl (C=O) groups is 4. The van der Waals surface area contributed by atoms with E-state index in [1.165, 1.54) is 36.4 Å². The number of hydrogen-bond acceptors (Lipinski definition) is 9. The van der Waals surface area contributed by atoms with Crippen LogP contribution in [0.25, 0.3) is 0 Å². The summed E-state index contributed by atoms with van der Waals surface area (Å²) < 4.78 is 0. The normalized spacial score (nSPS) is 13.7. The monoisotopic (exact) mass is 717 g/mol. The van der Waals surface area contributed by atoms with Gasteiger partial charge in [0.1, 0.15) is 23.9 Å². The second kappa shape index (κ2) is 20.0. The summed E-state index contributed by atoms with van der Waals surface area (Å²) in [5, 5.41) is 41.6. The van der Waals surface area contributed by atoms with Crippen LogP contribution < -0.4 is 38.1 Å². The first-order valence-corrected chi connectivity index (χ1v) is 16.9. The highest BCUT2D eigenvalue weighted by atomic mass is 16.6. The molecule has 3 aromatic rings. The number of nitrogens with two attached hydrogens (primary N) is 2. The zero-order valence-corrected chi connectivity index (χ0v) is 29.1. The number of carbonyl (C=O) groups excluding carboxylic acids is 4. The summed E-state index contributed by atoms with van der Waals surface area (Å²) in [6, 6.07) is 16.1. The Hall–Kier alpha value is -6.03. The predicted molar refractivity (Wildman–Crippen MR) is 196 cm³/mol. The van der Waals surface area contributed by atoms with Crippen molar-refractivity contribution in [3.05, 3.63) is 100 Å². The minimum absolute atomic E-state index is 0.0581. The number of phenols is 1. The minimum atomic E-state index is -1.17. The molecule has 0 aliphatic heterocycles. The van der Waals surface area contributed by atoms with Crippen molar-refractivity contribution in [3.8, 4) is 5.75 Å². The van der Waals surface area contributed by atoms with E-state index in [9.17, 15) is 34.4 Å². The third kappa shape index (κ3) is 13.0. The first-order valence-electron chi connectivity index (χ1n) is 16.9. The van der Waals surface area contributed by atoms with Gasteiger partial charge in [0.2, 0.25) is 23.6 Å². The average molecular weight is 718 g/mol. The van der Waals surface area contributed by atoms with Gasteiger partial charge >= 0.3 is 0 Å². The van der Waals surface area contributed by atoms with Crippen LogP contribution in [0.2, 0.25) is 0 Å². The standard InChI is InChI=1S/C36H47N9O7/c1-3-22(2)31(44-32(47)28(37)20-24-11-17-27(46)18-12-24)35(50)43-30(21-23-8-5-4-6-9-23)34(49)42-29(10-7-19-40-36(38)39)33(48)41-25-13-15-26(16-14-25)45(51)52/h4-6,8-9,11-18,22,28-31,46H,3,7,10,19-21,37H2,1-2H3,(H,41,48)(H,42,49)(H,43,50)(H,44,47)(H4,38,39,40)/t22-,28-,29-,30-,31-/m0/s1. The smallest absolute Gasteiger partial charge is 0.269 e. The lowest BCUT2D eigenvalue weighted by atomic mass is 9.96. The molecule has 11 N–H and O–H groups in total. The molecule has 0 unspecified atom stereocenters. The van der Waals surface area contributed by atoms with Gasteiger partial charge in [-0.15, -0.1) is 0 Å². The molecule has 0 spiro atoms. The van der Waals surface area contributed by atoms with Gasteiger partial charge in [0.15, 0.2) is 5.96 Å². The average Bonchev–Trinajstić information content (AvgIpc) is 3.12. The van der Waals surface area contributed by atoms with Gasteiger partial charge in [0.25, 0.3) is 5.69 Å². The van der Waals surface area contributed by atoms with Gasteiger partial charge in [-0.1, -0.05) is 62.7 Å². The van der Waals surface area contributed by atoms with Crippen molar-refractivity contribution < 1.29 is 29.2 Å². The van der Waals surface area contributed by atoms with Crippen molar-refractivity contribution in [1.29, 1.82) is 5.41 Å². The molecule has 3 aromatic carbocycles. The molecule has 0 heterocycles. The van der Waals surface area contributed by atoms with Crippen molar-refractivity contribution in [1.82, 2.24) is 21.3 Å². The van der Waals surface area contributed by atoms with Gasteiger partial charge in [0, 0.05) is 30.8 Å². The number of guanidine groups is 1. The number of nitrogens with zero attached hydrogens (tertiary/aromatic N) is 1. The maximum absolute atomic E-state index is 14.0. The Morgan fingerprint density at radius 3 is 2.04 bits per heavy atom. The molecule has 0 radical (unpaired) electrons. The summed E-state index contributed by atoms with van der Waals surface area (Å²) in [4.78, 5) is 65.0. The van der Waals surface area contributed by atoms with Crippen molar-refractivity contribution >= 4 is 41.0 Å². The molecule has 278 valence electrons. The fraction of sp³-hybridized carbons (Fsp3) is 0.361. The van der Waals surface area contributed by atoms with E-state index in [0.29, 0.717) is 18.4 Å². The molecule has 0 fully saturated rings. The van der Waals surface area contributed by atoms with Crippen LogP contribution in [0.15, 0.2) is 78.9 Å². The SMILES string of the molecule is CC[C@H](C)[C@H](NC(=O)[C@@H](N)Cc1ccc(O)cc1)C(=O)N[C@@H](Cc1ccccc1)C(=O)N[C@@H](CCCNC(=N)N)C(=O)Nc1ccc([N+](=O)[O-])cc1. The molecule has 3 rings (SSSR count). The minimum Gasteiger partial charge on any atom is -0.508 e. The van der Waals surface area contributed by atoms with Crippen LogP contribution >= 0.6 is 0 Å². The Bertz CT molecular complexity index is 1670. The topological polar surface area (TPSA) is 268 Å². The summed E-state index contributed by atoms with van der Waals surface area (Å²) in [7, 11) is 0. The van der Waals surface area contributed by atoms with Gasteiger partial charge in [-0.2, -0.15) is 0 Å². The number of nitro groups is 1. The van der Waals surface area contributed by atoms with Crippen LogP contribution in [0.1, 0.15) is 44.2 Å². The summed E-state index contributed by atoms with van der Waals surface area (Å²) >= 11 is 0. The molecule has 16 nitrogen and oxygen atoms in total. The van der Waals surface area contributed by atoms with Crippen molar-refractivity contribution in [2.45, 2.75) is 70.1 Å². The Morgan fingerprint density at radius 1 is 0.827 bits per heavy atom. The van der Waals surface area contributed by atoms with E-state index < -0.39 is 52.7 Å². The van der Waals surface area contributed by atoms with Crippen LogP contribution in [0, 0.1) is 21.4 Å². The van der Waals surface area contributed by atoms with Gasteiger partial charge in [0.05, 0.1) is 11.0 Å². The molecular formula is C36H47N9O7. The number of aromatic hydroxyl groups is 1. The van der Waals surface area contributed by atoms with Crippen LogP contribution in [0.4, 0.5) is 11.4 Å². The summed E-state index contributed by atoms with van der Waals surface area (Å²) in [6.07, 6.45) is 1.16. The van der Waals surface area contributed by atoms with Gasteiger partial charge in [-0.3, -0.25) is 34.7 Å². The number of hydrogen-bond donors (Lipinski definition) is 9. The van der Waals surface area contributed by atoms with E-state index in [1.54, 1.807) is 49.4 Å². The van der Waals surface area contributed by atoms with Crippen LogP contribution in [-0.2, 0) is 32.0 Å². The Balaban J connectivity index is 1.82. The predicted octanol–water partition coefficient (Wildman–Crippen LogP) is 1.82. The maximum Gasteiger partial charge on any atom is 0.269 e. The molecule has 0 aromatic heterocycles. The fourth-order valence-corrected chi connectivity index (χ4v) is 5.23. The molecular weight excluding hydrogens is 670 g/mol. The van der Waals surface area contributed by atoms with Crippen LogP contribution in [-0.4, -0.2) is 70.3 Å². The largest absolute Gasteiger partial charge is 0.508 e. The van der Waals surface area contributed by atoms with E-state index in [2.05, 4.69) is 26.6 Å².